The second kappa shape index (κ2) is 7.28. The number of nitrogens with zero attached hydrogens (tertiary/aromatic N) is 3. The Hall–Kier alpha value is -3.98. The Morgan fingerprint density at radius 2 is 1.42 bits per heavy atom. The highest BCUT2D eigenvalue weighted by Crippen LogP contribution is 2.36. The second-order valence-corrected chi connectivity index (χ2v) is 8.99. The lowest BCUT2D eigenvalue weighted by Gasteiger charge is -2.15. The molecule has 3 heteroatoms. The minimum Gasteiger partial charge on any atom is -0.308 e. The van der Waals surface area contributed by atoms with Crippen LogP contribution < -0.4 is 4.57 Å². The Kier molecular flexibility index (Phi) is 4.34. The summed E-state index contributed by atoms with van der Waals surface area (Å²) >= 11 is 0. The van der Waals surface area contributed by atoms with Gasteiger partial charge in [-0.25, -0.2) is 0 Å². The third kappa shape index (κ3) is 2.89. The maximum atomic E-state index is 4.48. The Balaban J connectivity index is 1.80. The molecule has 3 nitrogen and oxygen atoms in total. The van der Waals surface area contributed by atoms with E-state index in [9.17, 15) is 0 Å². The zero-order chi connectivity index (χ0) is 22.7. The summed E-state index contributed by atoms with van der Waals surface area (Å²) in [5.74, 6) is 0. The fourth-order valence-electron chi connectivity index (χ4n) is 5.24. The molecular formula is C30H26N3+. The van der Waals surface area contributed by atoms with Gasteiger partial charge in [-0.2, -0.15) is 4.57 Å². The lowest BCUT2D eigenvalue weighted by Crippen LogP contribution is -2.33. The third-order valence-electron chi connectivity index (χ3n) is 6.98. The number of hydrogen-bond acceptors (Lipinski definition) is 1. The van der Waals surface area contributed by atoms with Crippen LogP contribution in [0.5, 0.6) is 0 Å². The van der Waals surface area contributed by atoms with Crippen molar-refractivity contribution in [3.8, 4) is 16.9 Å². The summed E-state index contributed by atoms with van der Waals surface area (Å²) in [4.78, 5) is 4.48. The molecule has 0 aliphatic carbocycles. The molecule has 0 bridgehead atoms. The molecule has 6 rings (SSSR count). The van der Waals surface area contributed by atoms with E-state index in [1.54, 1.807) is 0 Å². The van der Waals surface area contributed by atoms with E-state index in [0.717, 1.165) is 5.52 Å². The average molecular weight is 429 g/mol. The first-order chi connectivity index (χ1) is 16.0. The minimum absolute atomic E-state index is 1.12. The number of para-hydroxylation sites is 2. The van der Waals surface area contributed by atoms with E-state index in [1.807, 2.05) is 12.4 Å². The van der Waals surface area contributed by atoms with Gasteiger partial charge in [-0.3, -0.25) is 4.98 Å². The molecule has 3 aromatic carbocycles. The third-order valence-corrected chi connectivity index (χ3v) is 6.98. The van der Waals surface area contributed by atoms with Crippen molar-refractivity contribution in [3.05, 3.63) is 102 Å². The number of fused-ring (bicyclic) bond motifs is 4. The zero-order valence-electron chi connectivity index (χ0n) is 19.4. The van der Waals surface area contributed by atoms with Gasteiger partial charge in [0.25, 0.3) is 0 Å². The molecule has 3 aromatic heterocycles. The van der Waals surface area contributed by atoms with Gasteiger partial charge in [0, 0.05) is 28.6 Å². The molecule has 0 radical (unpaired) electrons. The highest BCUT2D eigenvalue weighted by atomic mass is 15.0. The quantitative estimate of drug-likeness (QED) is 0.280. The molecule has 0 aliphatic rings. The topological polar surface area (TPSA) is 21.7 Å². The highest BCUT2D eigenvalue weighted by molar-refractivity contribution is 6.10. The van der Waals surface area contributed by atoms with Crippen molar-refractivity contribution in [1.29, 1.82) is 0 Å². The first kappa shape index (κ1) is 19.7. The van der Waals surface area contributed by atoms with Crippen LogP contribution in [0.2, 0.25) is 0 Å². The maximum absolute atomic E-state index is 4.48. The van der Waals surface area contributed by atoms with Crippen LogP contribution in [-0.4, -0.2) is 9.55 Å². The SMILES string of the molecule is Cc1cc(C)c(C)c(-c2cc(-n3c4ccccc4c4ccccc43)c3ccncc3[n+]2C)c1. The molecule has 0 saturated heterocycles. The van der Waals surface area contributed by atoms with Gasteiger partial charge >= 0.3 is 0 Å². The van der Waals surface area contributed by atoms with Gasteiger partial charge in [0.05, 0.1) is 28.3 Å². The highest BCUT2D eigenvalue weighted by Gasteiger charge is 2.23. The van der Waals surface area contributed by atoms with E-state index in [0.29, 0.717) is 0 Å². The Labute approximate surface area is 193 Å². The van der Waals surface area contributed by atoms with Gasteiger partial charge in [-0.05, 0) is 56.2 Å². The van der Waals surface area contributed by atoms with Gasteiger partial charge in [-0.1, -0.05) is 48.0 Å². The molecule has 160 valence electrons. The molecule has 0 spiro atoms. The molecule has 6 aromatic rings. The fourth-order valence-corrected chi connectivity index (χ4v) is 5.24. The minimum atomic E-state index is 1.12. The van der Waals surface area contributed by atoms with Gasteiger partial charge < -0.3 is 4.57 Å². The van der Waals surface area contributed by atoms with E-state index in [2.05, 4.69) is 115 Å². The largest absolute Gasteiger partial charge is 0.308 e. The number of aryl methyl sites for hydroxylation is 3. The summed E-state index contributed by atoms with van der Waals surface area (Å²) in [6.45, 7) is 6.59. The summed E-state index contributed by atoms with van der Waals surface area (Å²) in [6.07, 6.45) is 3.87. The van der Waals surface area contributed by atoms with Gasteiger partial charge in [-0.15, -0.1) is 0 Å². The molecule has 0 saturated carbocycles. The van der Waals surface area contributed by atoms with Crippen molar-refractivity contribution in [2.75, 3.05) is 0 Å². The van der Waals surface area contributed by atoms with Crippen molar-refractivity contribution in [1.82, 2.24) is 9.55 Å². The van der Waals surface area contributed by atoms with Crippen LogP contribution in [0, 0.1) is 20.8 Å². The normalized spacial score (nSPS) is 11.6. The number of benzene rings is 3. The van der Waals surface area contributed by atoms with Crippen LogP contribution in [-0.2, 0) is 7.05 Å². The van der Waals surface area contributed by atoms with Crippen molar-refractivity contribution < 1.29 is 4.57 Å². The first-order valence-electron chi connectivity index (χ1n) is 11.4. The van der Waals surface area contributed by atoms with Crippen LogP contribution in [0.4, 0.5) is 0 Å². The molecule has 3 heterocycles. The Morgan fingerprint density at radius 3 is 2.12 bits per heavy atom. The molecule has 0 fully saturated rings. The first-order valence-corrected chi connectivity index (χ1v) is 11.4. The van der Waals surface area contributed by atoms with Crippen LogP contribution in [0.3, 0.4) is 0 Å². The fraction of sp³-hybridized carbons (Fsp3) is 0.133. The van der Waals surface area contributed by atoms with Crippen LogP contribution >= 0.6 is 0 Å². The molecule has 0 aliphatic heterocycles. The maximum Gasteiger partial charge on any atom is 0.233 e. The summed E-state index contributed by atoms with van der Waals surface area (Å²) < 4.78 is 4.69. The van der Waals surface area contributed by atoms with Gasteiger partial charge in [0.15, 0.2) is 0 Å². The van der Waals surface area contributed by atoms with Crippen molar-refractivity contribution >= 4 is 32.7 Å². The predicted octanol–water partition coefficient (Wildman–Crippen LogP) is 6.75. The zero-order valence-corrected chi connectivity index (χ0v) is 19.4. The van der Waals surface area contributed by atoms with Crippen LogP contribution in [0.15, 0.2) is 85.2 Å². The Morgan fingerprint density at radius 1 is 0.758 bits per heavy atom. The predicted molar refractivity (Wildman–Crippen MR) is 137 cm³/mol. The number of hydrogen-bond donors (Lipinski definition) is 0. The van der Waals surface area contributed by atoms with Crippen LogP contribution in [0.25, 0.3) is 49.7 Å². The monoisotopic (exact) mass is 428 g/mol. The van der Waals surface area contributed by atoms with Crippen molar-refractivity contribution in [2.24, 2.45) is 7.05 Å². The summed E-state index contributed by atoms with van der Waals surface area (Å²) in [7, 11) is 2.14. The van der Waals surface area contributed by atoms with Crippen LogP contribution in [0.1, 0.15) is 16.7 Å². The summed E-state index contributed by atoms with van der Waals surface area (Å²) in [5, 5.41) is 3.73. The van der Waals surface area contributed by atoms with E-state index in [-0.39, 0.29) is 0 Å². The number of pyridine rings is 2. The summed E-state index contributed by atoms with van der Waals surface area (Å²) in [5.41, 5.74) is 11.1. The Bertz CT molecular complexity index is 1650. The summed E-state index contributed by atoms with van der Waals surface area (Å²) in [6, 6.07) is 26.4. The molecular weight excluding hydrogens is 402 g/mol. The van der Waals surface area contributed by atoms with Crippen molar-refractivity contribution in [3.63, 3.8) is 0 Å². The van der Waals surface area contributed by atoms with Gasteiger partial charge in [0.1, 0.15) is 7.05 Å². The van der Waals surface area contributed by atoms with E-state index in [1.165, 1.54) is 60.8 Å². The lowest BCUT2D eigenvalue weighted by molar-refractivity contribution is -0.633. The number of rotatable bonds is 2. The molecule has 0 atom stereocenters. The molecule has 0 N–H and O–H groups in total. The van der Waals surface area contributed by atoms with Gasteiger partial charge in [0.2, 0.25) is 11.2 Å². The van der Waals surface area contributed by atoms with E-state index in [4.69, 9.17) is 0 Å². The molecule has 0 amide bonds. The average Bonchev–Trinajstić information content (AvgIpc) is 3.17. The second-order valence-electron chi connectivity index (χ2n) is 8.99. The van der Waals surface area contributed by atoms with E-state index < -0.39 is 0 Å². The lowest BCUT2D eigenvalue weighted by atomic mass is 9.96. The molecule has 33 heavy (non-hydrogen) atoms. The van der Waals surface area contributed by atoms with E-state index >= 15 is 0 Å². The standard InChI is InChI=1S/C30H26N3/c1-19-15-20(2)21(3)25(16-19)28-17-29(24-13-14-31-18-30(24)32(28)4)33-26-11-7-5-9-22(26)23-10-6-8-12-27(23)33/h5-18H,1-4H3/q+1. The molecule has 0 unspecified atom stereocenters. The van der Waals surface area contributed by atoms with Crippen molar-refractivity contribution in [2.45, 2.75) is 20.8 Å². The smallest absolute Gasteiger partial charge is 0.233 e. The number of aromatic nitrogens is 3.